The lowest BCUT2D eigenvalue weighted by Gasteiger charge is -2.13. The molecule has 1 aromatic carbocycles. The molecule has 0 aliphatic carbocycles. The highest BCUT2D eigenvalue weighted by Crippen LogP contribution is 2.21. The maximum atomic E-state index is 13.0. The SMILES string of the molecule is O=C(O)c1ccc(F)cc1OCC1CCCO1. The van der Waals surface area contributed by atoms with Crippen LogP contribution < -0.4 is 4.74 Å². The number of hydrogen-bond donors (Lipinski definition) is 1. The molecule has 0 saturated carbocycles. The molecule has 1 aliphatic rings. The van der Waals surface area contributed by atoms with E-state index in [-0.39, 0.29) is 24.0 Å². The van der Waals surface area contributed by atoms with Crippen LogP contribution in [0.3, 0.4) is 0 Å². The molecule has 2 rings (SSSR count). The average Bonchev–Trinajstić information content (AvgIpc) is 2.78. The summed E-state index contributed by atoms with van der Waals surface area (Å²) in [6, 6.07) is 3.38. The van der Waals surface area contributed by atoms with Crippen LogP contribution in [-0.4, -0.2) is 30.4 Å². The fourth-order valence-electron chi connectivity index (χ4n) is 1.75. The minimum absolute atomic E-state index is 0.0279. The smallest absolute Gasteiger partial charge is 0.339 e. The van der Waals surface area contributed by atoms with E-state index in [1.54, 1.807) is 0 Å². The van der Waals surface area contributed by atoms with Gasteiger partial charge in [0.15, 0.2) is 0 Å². The average molecular weight is 240 g/mol. The van der Waals surface area contributed by atoms with Gasteiger partial charge in [-0.1, -0.05) is 0 Å². The molecule has 0 amide bonds. The first-order valence-corrected chi connectivity index (χ1v) is 5.44. The van der Waals surface area contributed by atoms with Crippen LogP contribution in [0.15, 0.2) is 18.2 Å². The van der Waals surface area contributed by atoms with Crippen molar-refractivity contribution >= 4 is 5.97 Å². The van der Waals surface area contributed by atoms with E-state index in [9.17, 15) is 9.18 Å². The predicted octanol–water partition coefficient (Wildman–Crippen LogP) is 2.08. The molecule has 1 N–H and O–H groups in total. The summed E-state index contributed by atoms with van der Waals surface area (Å²) in [5.41, 5.74) is -0.0376. The Kier molecular flexibility index (Phi) is 3.58. The van der Waals surface area contributed by atoms with Crippen molar-refractivity contribution in [3.63, 3.8) is 0 Å². The molecular formula is C12H13FO4. The molecule has 1 heterocycles. The lowest BCUT2D eigenvalue weighted by molar-refractivity contribution is 0.0628. The van der Waals surface area contributed by atoms with E-state index in [1.807, 2.05) is 0 Å². The second-order valence-corrected chi connectivity index (χ2v) is 3.89. The summed E-state index contributed by atoms with van der Waals surface area (Å²) < 4.78 is 23.7. The molecule has 17 heavy (non-hydrogen) atoms. The van der Waals surface area contributed by atoms with Crippen molar-refractivity contribution in [2.24, 2.45) is 0 Å². The van der Waals surface area contributed by atoms with Gasteiger partial charge in [0.1, 0.15) is 23.7 Å². The van der Waals surface area contributed by atoms with Crippen molar-refractivity contribution in [1.29, 1.82) is 0 Å². The van der Waals surface area contributed by atoms with Gasteiger partial charge in [0.05, 0.1) is 6.10 Å². The summed E-state index contributed by atoms with van der Waals surface area (Å²) in [6.07, 6.45) is 1.83. The van der Waals surface area contributed by atoms with E-state index in [4.69, 9.17) is 14.6 Å². The Labute approximate surface area is 98.0 Å². The number of carbonyl (C=O) groups is 1. The van der Waals surface area contributed by atoms with E-state index in [1.165, 1.54) is 6.07 Å². The molecule has 0 aromatic heterocycles. The fraction of sp³-hybridized carbons (Fsp3) is 0.417. The minimum Gasteiger partial charge on any atom is -0.490 e. The third kappa shape index (κ3) is 2.94. The molecule has 1 aliphatic heterocycles. The van der Waals surface area contributed by atoms with Gasteiger partial charge in [0, 0.05) is 12.7 Å². The second-order valence-electron chi connectivity index (χ2n) is 3.89. The van der Waals surface area contributed by atoms with Crippen LogP contribution in [0.1, 0.15) is 23.2 Å². The Hall–Kier alpha value is -1.62. The van der Waals surface area contributed by atoms with Gasteiger partial charge in [-0.3, -0.25) is 0 Å². The van der Waals surface area contributed by atoms with E-state index < -0.39 is 11.8 Å². The van der Waals surface area contributed by atoms with E-state index in [0.717, 1.165) is 25.0 Å². The first kappa shape index (κ1) is 11.9. The number of halogens is 1. The molecule has 1 unspecified atom stereocenters. The Bertz CT molecular complexity index is 413. The van der Waals surface area contributed by atoms with Crippen molar-refractivity contribution in [3.8, 4) is 5.75 Å². The molecule has 5 heteroatoms. The van der Waals surface area contributed by atoms with Crippen molar-refractivity contribution in [3.05, 3.63) is 29.6 Å². The standard InChI is InChI=1S/C12H13FO4/c13-8-3-4-10(12(14)15)11(6-8)17-7-9-2-1-5-16-9/h3-4,6,9H,1-2,5,7H2,(H,14,15). The van der Waals surface area contributed by atoms with Crippen LogP contribution in [-0.2, 0) is 4.74 Å². The molecule has 4 nitrogen and oxygen atoms in total. The highest BCUT2D eigenvalue weighted by atomic mass is 19.1. The van der Waals surface area contributed by atoms with Crippen molar-refractivity contribution in [2.75, 3.05) is 13.2 Å². The molecule has 1 aromatic rings. The normalized spacial score (nSPS) is 19.2. The minimum atomic E-state index is -1.13. The van der Waals surface area contributed by atoms with E-state index in [0.29, 0.717) is 6.61 Å². The predicted molar refractivity (Wildman–Crippen MR) is 57.8 cm³/mol. The Morgan fingerprint density at radius 3 is 3.06 bits per heavy atom. The Balaban J connectivity index is 2.07. The molecule has 1 saturated heterocycles. The first-order valence-electron chi connectivity index (χ1n) is 5.44. The zero-order valence-corrected chi connectivity index (χ0v) is 9.19. The van der Waals surface area contributed by atoms with Crippen LogP contribution in [0, 0.1) is 5.82 Å². The van der Waals surface area contributed by atoms with Gasteiger partial charge in [-0.05, 0) is 25.0 Å². The molecule has 92 valence electrons. The summed E-state index contributed by atoms with van der Waals surface area (Å²) in [7, 11) is 0. The molecule has 0 spiro atoms. The first-order chi connectivity index (χ1) is 8.16. The number of carboxylic acids is 1. The highest BCUT2D eigenvalue weighted by molar-refractivity contribution is 5.90. The maximum Gasteiger partial charge on any atom is 0.339 e. The summed E-state index contributed by atoms with van der Waals surface area (Å²) >= 11 is 0. The van der Waals surface area contributed by atoms with Crippen LogP contribution in [0.2, 0.25) is 0 Å². The number of benzene rings is 1. The van der Waals surface area contributed by atoms with Gasteiger partial charge in [0.25, 0.3) is 0 Å². The fourth-order valence-corrected chi connectivity index (χ4v) is 1.75. The lowest BCUT2D eigenvalue weighted by Crippen LogP contribution is -2.17. The van der Waals surface area contributed by atoms with Crippen LogP contribution in [0.25, 0.3) is 0 Å². The summed E-state index contributed by atoms with van der Waals surface area (Å²) in [5.74, 6) is -1.60. The highest BCUT2D eigenvalue weighted by Gasteiger charge is 2.18. The summed E-state index contributed by atoms with van der Waals surface area (Å²) in [4.78, 5) is 10.9. The van der Waals surface area contributed by atoms with Gasteiger partial charge in [0.2, 0.25) is 0 Å². The molecular weight excluding hydrogens is 227 g/mol. The van der Waals surface area contributed by atoms with Gasteiger partial charge in [-0.15, -0.1) is 0 Å². The van der Waals surface area contributed by atoms with E-state index >= 15 is 0 Å². The zero-order chi connectivity index (χ0) is 12.3. The number of carboxylic acid groups (broad SMARTS) is 1. The molecule has 1 fully saturated rings. The number of aromatic carboxylic acids is 1. The van der Waals surface area contributed by atoms with E-state index in [2.05, 4.69) is 0 Å². The Morgan fingerprint density at radius 1 is 1.59 bits per heavy atom. The third-order valence-electron chi connectivity index (χ3n) is 2.62. The van der Waals surface area contributed by atoms with Crippen LogP contribution in [0.5, 0.6) is 5.75 Å². The quantitative estimate of drug-likeness (QED) is 0.875. The monoisotopic (exact) mass is 240 g/mol. The maximum absolute atomic E-state index is 13.0. The van der Waals surface area contributed by atoms with Gasteiger partial charge >= 0.3 is 5.97 Å². The number of ether oxygens (including phenoxy) is 2. The van der Waals surface area contributed by atoms with Crippen LogP contribution >= 0.6 is 0 Å². The second kappa shape index (κ2) is 5.14. The number of rotatable bonds is 4. The van der Waals surface area contributed by atoms with Gasteiger partial charge in [-0.25, -0.2) is 9.18 Å². The zero-order valence-electron chi connectivity index (χ0n) is 9.19. The van der Waals surface area contributed by atoms with Crippen molar-refractivity contribution in [2.45, 2.75) is 18.9 Å². The topological polar surface area (TPSA) is 55.8 Å². The largest absolute Gasteiger partial charge is 0.490 e. The van der Waals surface area contributed by atoms with Crippen molar-refractivity contribution in [1.82, 2.24) is 0 Å². The molecule has 0 radical (unpaired) electrons. The molecule has 1 atom stereocenters. The Morgan fingerprint density at radius 2 is 2.41 bits per heavy atom. The van der Waals surface area contributed by atoms with Crippen LogP contribution in [0.4, 0.5) is 4.39 Å². The van der Waals surface area contributed by atoms with Crippen molar-refractivity contribution < 1.29 is 23.8 Å². The summed E-state index contributed by atoms with van der Waals surface area (Å²) in [5, 5.41) is 8.91. The lowest BCUT2D eigenvalue weighted by atomic mass is 10.2. The van der Waals surface area contributed by atoms with Gasteiger partial charge in [-0.2, -0.15) is 0 Å². The number of hydrogen-bond acceptors (Lipinski definition) is 3. The third-order valence-corrected chi connectivity index (χ3v) is 2.62. The summed E-state index contributed by atoms with van der Waals surface area (Å²) in [6.45, 7) is 0.951. The molecule has 0 bridgehead atoms. The van der Waals surface area contributed by atoms with Gasteiger partial charge < -0.3 is 14.6 Å².